The molecule has 0 saturated carbocycles. The van der Waals surface area contributed by atoms with Gasteiger partial charge in [-0.2, -0.15) is 0 Å². The largest absolute Gasteiger partial charge is 0.392 e. The Labute approximate surface area is 66.3 Å². The van der Waals surface area contributed by atoms with Gasteiger partial charge >= 0.3 is 0 Å². The van der Waals surface area contributed by atoms with Crippen LogP contribution in [0.4, 0.5) is 0 Å². The summed E-state index contributed by atoms with van der Waals surface area (Å²) in [6.07, 6.45) is 1.72. The van der Waals surface area contributed by atoms with Crippen molar-refractivity contribution >= 4 is 12.4 Å². The molecule has 10 heavy (non-hydrogen) atoms. The van der Waals surface area contributed by atoms with Crippen LogP contribution in [0.2, 0.25) is 0 Å². The Balaban J connectivity index is 0.000000810. The number of aromatic nitrogens is 1. The van der Waals surface area contributed by atoms with E-state index in [1.165, 1.54) is 0 Å². The Bertz CT molecular complexity index is 203. The molecule has 2 nitrogen and oxygen atoms in total. The van der Waals surface area contributed by atoms with Crippen LogP contribution in [0.25, 0.3) is 0 Å². The van der Waals surface area contributed by atoms with Gasteiger partial charge in [0.05, 0.1) is 6.61 Å². The van der Waals surface area contributed by atoms with Crippen molar-refractivity contribution in [2.45, 2.75) is 13.5 Å². The van der Waals surface area contributed by atoms with Crippen molar-refractivity contribution in [2.24, 2.45) is 0 Å². The molecule has 0 atom stereocenters. The Morgan fingerprint density at radius 3 is 2.70 bits per heavy atom. The van der Waals surface area contributed by atoms with Gasteiger partial charge in [-0.05, 0) is 18.6 Å². The average molecular weight is 160 g/mol. The lowest BCUT2D eigenvalue weighted by Crippen LogP contribution is -1.89. The predicted molar refractivity (Wildman–Crippen MR) is 42.1 cm³/mol. The highest BCUT2D eigenvalue weighted by molar-refractivity contribution is 5.85. The summed E-state index contributed by atoms with van der Waals surface area (Å²) in [4.78, 5) is 3.99. The minimum atomic E-state index is 0. The van der Waals surface area contributed by atoms with E-state index in [0.29, 0.717) is 0 Å². The van der Waals surface area contributed by atoms with Crippen LogP contribution in [0.15, 0.2) is 18.3 Å². The van der Waals surface area contributed by atoms with Crippen molar-refractivity contribution in [3.05, 3.63) is 29.6 Å². The average Bonchev–Trinajstić information content (AvgIpc) is 1.89. The molecule has 0 aromatic carbocycles. The zero-order chi connectivity index (χ0) is 6.69. The van der Waals surface area contributed by atoms with Crippen LogP contribution in [0, 0.1) is 6.92 Å². The molecule has 0 aliphatic heterocycles. The maximum Gasteiger partial charge on any atom is 0.0699 e. The van der Waals surface area contributed by atoms with Crippen molar-refractivity contribution in [1.29, 1.82) is 0 Å². The SMILES string of the molecule is Cc1ncccc1CO.Cl. The number of aliphatic hydroxyl groups is 1. The van der Waals surface area contributed by atoms with E-state index in [9.17, 15) is 0 Å². The van der Waals surface area contributed by atoms with Crippen molar-refractivity contribution < 1.29 is 5.11 Å². The van der Waals surface area contributed by atoms with E-state index in [1.54, 1.807) is 6.20 Å². The third kappa shape index (κ3) is 1.97. The van der Waals surface area contributed by atoms with Crippen LogP contribution in [-0.4, -0.2) is 10.1 Å². The Hall–Kier alpha value is -0.600. The van der Waals surface area contributed by atoms with Gasteiger partial charge in [0.15, 0.2) is 0 Å². The van der Waals surface area contributed by atoms with Gasteiger partial charge in [0.25, 0.3) is 0 Å². The van der Waals surface area contributed by atoms with Crippen LogP contribution < -0.4 is 0 Å². The molecule has 0 amide bonds. The first-order valence-electron chi connectivity index (χ1n) is 2.86. The van der Waals surface area contributed by atoms with E-state index in [4.69, 9.17) is 5.11 Å². The molecule has 56 valence electrons. The monoisotopic (exact) mass is 159 g/mol. The van der Waals surface area contributed by atoms with E-state index >= 15 is 0 Å². The highest BCUT2D eigenvalue weighted by Crippen LogP contribution is 2.01. The molecule has 0 aliphatic carbocycles. The first-order chi connectivity index (χ1) is 4.34. The number of nitrogens with zero attached hydrogens (tertiary/aromatic N) is 1. The topological polar surface area (TPSA) is 33.1 Å². The smallest absolute Gasteiger partial charge is 0.0699 e. The van der Waals surface area contributed by atoms with Crippen LogP contribution in [0.5, 0.6) is 0 Å². The zero-order valence-corrected chi connectivity index (χ0v) is 6.56. The minimum Gasteiger partial charge on any atom is -0.392 e. The van der Waals surface area contributed by atoms with Crippen molar-refractivity contribution in [2.75, 3.05) is 0 Å². The van der Waals surface area contributed by atoms with E-state index in [0.717, 1.165) is 11.3 Å². The molecule has 0 bridgehead atoms. The molecule has 0 aliphatic rings. The van der Waals surface area contributed by atoms with Gasteiger partial charge in [-0.1, -0.05) is 6.07 Å². The van der Waals surface area contributed by atoms with Gasteiger partial charge in [0.1, 0.15) is 0 Å². The number of aliphatic hydroxyl groups excluding tert-OH is 1. The number of pyridine rings is 1. The summed E-state index contributed by atoms with van der Waals surface area (Å²) < 4.78 is 0. The molecule has 1 heterocycles. The third-order valence-electron chi connectivity index (χ3n) is 1.29. The normalized spacial score (nSPS) is 8.60. The van der Waals surface area contributed by atoms with Gasteiger partial charge in [-0.25, -0.2) is 0 Å². The summed E-state index contributed by atoms with van der Waals surface area (Å²) in [5, 5.41) is 8.68. The maximum atomic E-state index is 8.68. The molecule has 1 aromatic heterocycles. The molecule has 0 spiro atoms. The van der Waals surface area contributed by atoms with Crippen molar-refractivity contribution in [1.82, 2.24) is 4.98 Å². The molecule has 3 heteroatoms. The molecule has 0 radical (unpaired) electrons. The summed E-state index contributed by atoms with van der Waals surface area (Å²) in [5.74, 6) is 0. The summed E-state index contributed by atoms with van der Waals surface area (Å²) in [7, 11) is 0. The van der Waals surface area contributed by atoms with Gasteiger partial charge < -0.3 is 5.11 Å². The Morgan fingerprint density at radius 1 is 1.60 bits per heavy atom. The molecule has 0 fully saturated rings. The van der Waals surface area contributed by atoms with Crippen molar-refractivity contribution in [3.63, 3.8) is 0 Å². The fourth-order valence-corrected chi connectivity index (χ4v) is 0.685. The summed E-state index contributed by atoms with van der Waals surface area (Å²) >= 11 is 0. The second-order valence-electron chi connectivity index (χ2n) is 1.91. The van der Waals surface area contributed by atoms with Gasteiger partial charge in [-0.3, -0.25) is 4.98 Å². The molecule has 1 rings (SSSR count). The maximum absolute atomic E-state index is 8.68. The summed E-state index contributed by atoms with van der Waals surface area (Å²) in [6.45, 7) is 1.96. The Kier molecular flexibility index (Phi) is 4.00. The van der Waals surface area contributed by atoms with Crippen LogP contribution in [0.3, 0.4) is 0 Å². The Morgan fingerprint density at radius 2 is 2.30 bits per heavy atom. The molecule has 1 N–H and O–H groups in total. The standard InChI is InChI=1S/C7H9NO.ClH/c1-6-7(5-9)3-2-4-8-6;/h2-4,9H,5H2,1H3;1H. The summed E-state index contributed by atoms with van der Waals surface area (Å²) in [6, 6.07) is 3.68. The fourth-order valence-electron chi connectivity index (χ4n) is 0.685. The van der Waals surface area contributed by atoms with Crippen LogP contribution in [0.1, 0.15) is 11.3 Å². The van der Waals surface area contributed by atoms with Gasteiger partial charge in [-0.15, -0.1) is 12.4 Å². The number of rotatable bonds is 1. The fraction of sp³-hybridized carbons (Fsp3) is 0.286. The van der Waals surface area contributed by atoms with E-state index in [-0.39, 0.29) is 19.0 Å². The van der Waals surface area contributed by atoms with Gasteiger partial charge in [0, 0.05) is 11.9 Å². The lowest BCUT2D eigenvalue weighted by molar-refractivity contribution is 0.280. The molecular weight excluding hydrogens is 150 g/mol. The number of aryl methyl sites for hydroxylation is 1. The minimum absolute atomic E-state index is 0. The molecule has 1 aromatic rings. The first kappa shape index (κ1) is 9.40. The van der Waals surface area contributed by atoms with E-state index < -0.39 is 0 Å². The number of halogens is 1. The molecule has 0 unspecified atom stereocenters. The quantitative estimate of drug-likeness (QED) is 0.670. The number of hydrogen-bond donors (Lipinski definition) is 1. The van der Waals surface area contributed by atoms with E-state index in [2.05, 4.69) is 4.98 Å². The van der Waals surface area contributed by atoms with Crippen LogP contribution in [-0.2, 0) is 6.61 Å². The molecule has 0 saturated heterocycles. The van der Waals surface area contributed by atoms with Gasteiger partial charge in [0.2, 0.25) is 0 Å². The number of hydrogen-bond acceptors (Lipinski definition) is 2. The van der Waals surface area contributed by atoms with Crippen LogP contribution >= 0.6 is 12.4 Å². The predicted octanol–water partition coefficient (Wildman–Crippen LogP) is 1.30. The zero-order valence-electron chi connectivity index (χ0n) is 5.74. The van der Waals surface area contributed by atoms with E-state index in [1.807, 2.05) is 19.1 Å². The first-order valence-corrected chi connectivity index (χ1v) is 2.86. The van der Waals surface area contributed by atoms with Crippen molar-refractivity contribution in [3.8, 4) is 0 Å². The lowest BCUT2D eigenvalue weighted by atomic mass is 10.2. The lowest BCUT2D eigenvalue weighted by Gasteiger charge is -1.96. The highest BCUT2D eigenvalue weighted by atomic mass is 35.5. The highest BCUT2D eigenvalue weighted by Gasteiger charge is 1.92. The third-order valence-corrected chi connectivity index (χ3v) is 1.29. The summed E-state index contributed by atoms with van der Waals surface area (Å²) in [5.41, 5.74) is 1.80. The molecular formula is C7H10ClNO. The second kappa shape index (κ2) is 4.25. The second-order valence-corrected chi connectivity index (χ2v) is 1.91.